The number of nitrogens with zero attached hydrogens (tertiary/aromatic N) is 2. The SMILES string of the molecule is O=c1c(N=Nc2ccccc2)c(-c2ccccc2)oc2cc(O)ccc12. The maximum atomic E-state index is 13.0. The first-order valence-corrected chi connectivity index (χ1v) is 8.04. The van der Waals surface area contributed by atoms with Gasteiger partial charge in [-0.3, -0.25) is 4.79 Å². The van der Waals surface area contributed by atoms with Crippen LogP contribution in [0.3, 0.4) is 0 Å². The van der Waals surface area contributed by atoms with Gasteiger partial charge in [0.05, 0.1) is 11.1 Å². The highest BCUT2D eigenvalue weighted by Crippen LogP contribution is 2.32. The predicted octanol–water partition coefficient (Wildman–Crippen LogP) is 5.58. The number of rotatable bonds is 3. The van der Waals surface area contributed by atoms with E-state index in [0.717, 1.165) is 0 Å². The molecule has 0 saturated carbocycles. The van der Waals surface area contributed by atoms with Crippen LogP contribution in [-0.4, -0.2) is 5.11 Å². The average Bonchev–Trinajstić information content (AvgIpc) is 2.68. The smallest absolute Gasteiger partial charge is 0.220 e. The second-order valence-electron chi connectivity index (χ2n) is 5.69. The van der Waals surface area contributed by atoms with E-state index in [4.69, 9.17) is 4.42 Å². The molecular weight excluding hydrogens is 328 g/mol. The lowest BCUT2D eigenvalue weighted by Crippen LogP contribution is -2.02. The van der Waals surface area contributed by atoms with E-state index in [-0.39, 0.29) is 16.9 Å². The second kappa shape index (κ2) is 6.64. The van der Waals surface area contributed by atoms with Gasteiger partial charge < -0.3 is 9.52 Å². The molecule has 0 aliphatic rings. The Hall–Kier alpha value is -3.73. The normalized spacial score (nSPS) is 11.2. The molecule has 0 aliphatic heterocycles. The van der Waals surface area contributed by atoms with E-state index in [9.17, 15) is 9.90 Å². The molecule has 0 unspecified atom stereocenters. The summed E-state index contributed by atoms with van der Waals surface area (Å²) >= 11 is 0. The Balaban J connectivity index is 1.97. The topological polar surface area (TPSA) is 75.2 Å². The summed E-state index contributed by atoms with van der Waals surface area (Å²) in [4.78, 5) is 13.0. The van der Waals surface area contributed by atoms with E-state index in [1.165, 1.54) is 18.2 Å². The average molecular weight is 342 g/mol. The minimum Gasteiger partial charge on any atom is -0.508 e. The third-order valence-corrected chi connectivity index (χ3v) is 3.91. The van der Waals surface area contributed by atoms with E-state index in [1.807, 2.05) is 48.5 Å². The molecule has 26 heavy (non-hydrogen) atoms. The molecule has 4 rings (SSSR count). The van der Waals surface area contributed by atoms with Crippen molar-refractivity contribution in [3.63, 3.8) is 0 Å². The maximum Gasteiger partial charge on any atom is 0.220 e. The number of hydrogen-bond acceptors (Lipinski definition) is 5. The fraction of sp³-hybridized carbons (Fsp3) is 0. The first-order chi connectivity index (χ1) is 12.7. The Kier molecular flexibility index (Phi) is 4.03. The molecule has 0 fully saturated rings. The number of azo groups is 1. The van der Waals surface area contributed by atoms with Crippen molar-refractivity contribution < 1.29 is 9.52 Å². The minimum absolute atomic E-state index is 0.0262. The van der Waals surface area contributed by atoms with Gasteiger partial charge >= 0.3 is 0 Å². The molecule has 0 aliphatic carbocycles. The highest BCUT2D eigenvalue weighted by Gasteiger charge is 2.16. The number of phenolic OH excluding ortho intramolecular Hbond substituents is 1. The summed E-state index contributed by atoms with van der Waals surface area (Å²) < 4.78 is 5.92. The standard InChI is InChI=1S/C21H14N2O3/c24-16-11-12-17-18(13-16)26-21(14-7-3-1-4-8-14)19(20(17)25)23-22-15-9-5-2-6-10-15/h1-13,24H. The summed E-state index contributed by atoms with van der Waals surface area (Å²) in [5.74, 6) is 0.340. The summed E-state index contributed by atoms with van der Waals surface area (Å²) in [6, 6.07) is 22.8. The Morgan fingerprint density at radius 1 is 0.808 bits per heavy atom. The largest absolute Gasteiger partial charge is 0.508 e. The third-order valence-electron chi connectivity index (χ3n) is 3.91. The van der Waals surface area contributed by atoms with Crippen molar-refractivity contribution in [1.29, 1.82) is 0 Å². The molecule has 5 nitrogen and oxygen atoms in total. The lowest BCUT2D eigenvalue weighted by atomic mass is 10.1. The summed E-state index contributed by atoms with van der Waals surface area (Å²) in [6.45, 7) is 0. The zero-order chi connectivity index (χ0) is 17.9. The van der Waals surface area contributed by atoms with Crippen molar-refractivity contribution in [2.45, 2.75) is 0 Å². The molecule has 0 bridgehead atoms. The molecule has 3 aromatic carbocycles. The third kappa shape index (κ3) is 2.98. The van der Waals surface area contributed by atoms with Gasteiger partial charge in [0.2, 0.25) is 5.43 Å². The van der Waals surface area contributed by atoms with Crippen molar-refractivity contribution in [3.8, 4) is 17.1 Å². The van der Waals surface area contributed by atoms with Gasteiger partial charge in [-0.1, -0.05) is 48.5 Å². The van der Waals surface area contributed by atoms with Crippen LogP contribution in [-0.2, 0) is 0 Å². The summed E-state index contributed by atoms with van der Waals surface area (Å²) in [5, 5.41) is 18.4. The Labute approximate surface area is 148 Å². The number of fused-ring (bicyclic) bond motifs is 1. The molecule has 0 radical (unpaired) electrons. The van der Waals surface area contributed by atoms with E-state index >= 15 is 0 Å². The van der Waals surface area contributed by atoms with Gasteiger partial charge in [0.1, 0.15) is 11.3 Å². The van der Waals surface area contributed by atoms with Crippen LogP contribution in [0.5, 0.6) is 5.75 Å². The number of benzene rings is 3. The van der Waals surface area contributed by atoms with Gasteiger partial charge in [0, 0.05) is 11.6 Å². The van der Waals surface area contributed by atoms with E-state index in [0.29, 0.717) is 28.0 Å². The number of phenols is 1. The highest BCUT2D eigenvalue weighted by atomic mass is 16.3. The molecule has 1 aromatic heterocycles. The van der Waals surface area contributed by atoms with Gasteiger partial charge in [-0.05, 0) is 24.3 Å². The minimum atomic E-state index is -0.301. The van der Waals surface area contributed by atoms with Gasteiger partial charge in [0.25, 0.3) is 0 Å². The van der Waals surface area contributed by atoms with Crippen LogP contribution in [0, 0.1) is 0 Å². The van der Waals surface area contributed by atoms with Crippen molar-refractivity contribution >= 4 is 22.3 Å². The Morgan fingerprint density at radius 3 is 2.23 bits per heavy atom. The molecule has 5 heteroatoms. The molecule has 0 atom stereocenters. The first-order valence-electron chi connectivity index (χ1n) is 8.04. The van der Waals surface area contributed by atoms with Crippen molar-refractivity contribution in [3.05, 3.63) is 89.1 Å². The van der Waals surface area contributed by atoms with Crippen LogP contribution in [0.15, 0.2) is 98.3 Å². The van der Waals surface area contributed by atoms with E-state index < -0.39 is 0 Å². The van der Waals surface area contributed by atoms with E-state index in [1.54, 1.807) is 12.1 Å². The molecule has 0 saturated heterocycles. The van der Waals surface area contributed by atoms with Crippen LogP contribution in [0.25, 0.3) is 22.3 Å². The molecule has 0 amide bonds. The lowest BCUT2D eigenvalue weighted by molar-refractivity contribution is 0.474. The van der Waals surface area contributed by atoms with Crippen LogP contribution < -0.4 is 5.43 Å². The molecule has 0 spiro atoms. The Bertz CT molecular complexity index is 1150. The summed E-state index contributed by atoms with van der Waals surface area (Å²) in [6.07, 6.45) is 0. The number of aromatic hydroxyl groups is 1. The fourth-order valence-electron chi connectivity index (χ4n) is 2.65. The summed E-state index contributed by atoms with van der Waals surface area (Å²) in [5.41, 5.74) is 1.46. The Morgan fingerprint density at radius 2 is 1.50 bits per heavy atom. The van der Waals surface area contributed by atoms with Crippen LogP contribution in [0.4, 0.5) is 11.4 Å². The first kappa shape index (κ1) is 15.8. The molecule has 1 heterocycles. The highest BCUT2D eigenvalue weighted by molar-refractivity contribution is 5.85. The van der Waals surface area contributed by atoms with Crippen LogP contribution >= 0.6 is 0 Å². The zero-order valence-corrected chi connectivity index (χ0v) is 13.7. The van der Waals surface area contributed by atoms with Crippen molar-refractivity contribution in [2.75, 3.05) is 0 Å². The summed E-state index contributed by atoms with van der Waals surface area (Å²) in [7, 11) is 0. The zero-order valence-electron chi connectivity index (χ0n) is 13.7. The van der Waals surface area contributed by atoms with Crippen molar-refractivity contribution in [2.24, 2.45) is 10.2 Å². The molecular formula is C21H14N2O3. The molecule has 126 valence electrons. The second-order valence-corrected chi connectivity index (χ2v) is 5.69. The van der Waals surface area contributed by atoms with Gasteiger partial charge in [-0.2, -0.15) is 5.11 Å². The van der Waals surface area contributed by atoms with Gasteiger partial charge in [-0.15, -0.1) is 5.11 Å². The van der Waals surface area contributed by atoms with Gasteiger partial charge in [0.15, 0.2) is 11.4 Å². The monoisotopic (exact) mass is 342 g/mol. The van der Waals surface area contributed by atoms with Crippen molar-refractivity contribution in [1.82, 2.24) is 0 Å². The molecule has 4 aromatic rings. The van der Waals surface area contributed by atoms with Crippen LogP contribution in [0.1, 0.15) is 0 Å². The fourth-order valence-corrected chi connectivity index (χ4v) is 2.65. The van der Waals surface area contributed by atoms with E-state index in [2.05, 4.69) is 10.2 Å². The number of hydrogen-bond donors (Lipinski definition) is 1. The maximum absolute atomic E-state index is 13.0. The predicted molar refractivity (Wildman–Crippen MR) is 100 cm³/mol. The van der Waals surface area contributed by atoms with Gasteiger partial charge in [-0.25, -0.2) is 0 Å². The lowest BCUT2D eigenvalue weighted by Gasteiger charge is -2.07. The van der Waals surface area contributed by atoms with Crippen LogP contribution in [0.2, 0.25) is 0 Å². The quantitative estimate of drug-likeness (QED) is 0.494. The molecule has 1 N–H and O–H groups in total.